The van der Waals surface area contributed by atoms with Crippen LogP contribution >= 0.6 is 0 Å². The number of nitrogens with zero attached hydrogens (tertiary/aromatic N) is 2. The van der Waals surface area contributed by atoms with Gasteiger partial charge in [0, 0.05) is 30.8 Å². The van der Waals surface area contributed by atoms with Gasteiger partial charge in [0.2, 0.25) is 0 Å². The van der Waals surface area contributed by atoms with Gasteiger partial charge in [-0.25, -0.2) is 0 Å². The Bertz CT molecular complexity index is 571. The van der Waals surface area contributed by atoms with Crippen LogP contribution in [0.1, 0.15) is 41.1 Å². The zero-order chi connectivity index (χ0) is 13.2. The van der Waals surface area contributed by atoms with E-state index >= 15 is 0 Å². The van der Waals surface area contributed by atoms with Crippen LogP contribution < -0.4 is 5.73 Å². The van der Waals surface area contributed by atoms with E-state index in [1.807, 2.05) is 6.92 Å². The Hall–Kier alpha value is -1.61. The second-order valence-corrected chi connectivity index (χ2v) is 5.45. The minimum Gasteiger partial charge on any atom is -0.326 e. The molecule has 0 fully saturated rings. The molecule has 1 aliphatic carbocycles. The number of nitrogens with two attached hydrogens (primary N) is 1. The summed E-state index contributed by atoms with van der Waals surface area (Å²) in [5.41, 5.74) is 11.0. The molecule has 0 saturated carbocycles. The third-order valence-electron chi connectivity index (χ3n) is 4.17. The maximum Gasteiger partial charge on any atom is 0.0638 e. The highest BCUT2D eigenvalue weighted by Gasteiger charge is 2.20. The first kappa shape index (κ1) is 12.4. The first-order chi connectivity index (χ1) is 9.28. The molecule has 2 aromatic rings. The Morgan fingerprint density at radius 1 is 1.37 bits per heavy atom. The van der Waals surface area contributed by atoms with Gasteiger partial charge in [-0.1, -0.05) is 24.3 Å². The highest BCUT2D eigenvalue weighted by atomic mass is 15.3. The van der Waals surface area contributed by atoms with Crippen molar-refractivity contribution >= 4 is 0 Å². The lowest BCUT2D eigenvalue weighted by Gasteiger charge is -2.25. The van der Waals surface area contributed by atoms with E-state index in [1.165, 1.54) is 30.4 Å². The predicted molar refractivity (Wildman–Crippen MR) is 77.0 cm³/mol. The molecule has 1 heterocycles. The third-order valence-corrected chi connectivity index (χ3v) is 4.17. The van der Waals surface area contributed by atoms with Crippen LogP contribution in [0.2, 0.25) is 0 Å². The van der Waals surface area contributed by atoms with E-state index in [1.54, 1.807) is 0 Å². The molecule has 2 N–H and O–H groups in total. The normalized spacial score (nSPS) is 18.3. The quantitative estimate of drug-likeness (QED) is 0.916. The lowest BCUT2D eigenvalue weighted by Crippen LogP contribution is -2.15. The van der Waals surface area contributed by atoms with Crippen molar-refractivity contribution in [3.05, 3.63) is 52.8 Å². The van der Waals surface area contributed by atoms with E-state index in [9.17, 15) is 0 Å². The molecule has 0 radical (unpaired) electrons. The Balaban J connectivity index is 1.84. The van der Waals surface area contributed by atoms with E-state index in [0.29, 0.717) is 12.5 Å². The Kier molecular flexibility index (Phi) is 3.38. The number of aromatic nitrogens is 2. The molecule has 0 aliphatic heterocycles. The average Bonchev–Trinajstić information content (AvgIpc) is 2.79. The Morgan fingerprint density at radius 3 is 3.00 bits per heavy atom. The largest absolute Gasteiger partial charge is 0.326 e. The fourth-order valence-electron chi connectivity index (χ4n) is 3.12. The lowest BCUT2D eigenvalue weighted by molar-refractivity contribution is 0.456. The summed E-state index contributed by atoms with van der Waals surface area (Å²) in [6, 6.07) is 8.84. The molecule has 0 saturated heterocycles. The number of benzene rings is 1. The third kappa shape index (κ3) is 2.43. The van der Waals surface area contributed by atoms with Crippen molar-refractivity contribution in [2.75, 3.05) is 0 Å². The number of fused-ring (bicyclic) bond motifs is 1. The van der Waals surface area contributed by atoms with E-state index in [4.69, 9.17) is 5.73 Å². The second kappa shape index (κ2) is 5.17. The fourth-order valence-corrected chi connectivity index (χ4v) is 3.12. The van der Waals surface area contributed by atoms with Crippen molar-refractivity contribution in [3.8, 4) is 0 Å². The summed E-state index contributed by atoms with van der Waals surface area (Å²) in [7, 11) is 0. The minimum atomic E-state index is 0.576. The molecule has 1 unspecified atom stereocenters. The standard InChI is InChI=1S/C16H21N3/c1-12-15(9-17)11-19(18-12)10-14-7-4-6-13-5-2-3-8-16(13)14/h2-3,5,8,11,14H,4,6-7,9-10,17H2,1H3. The summed E-state index contributed by atoms with van der Waals surface area (Å²) < 4.78 is 2.07. The number of rotatable bonds is 3. The summed E-state index contributed by atoms with van der Waals surface area (Å²) >= 11 is 0. The molecular formula is C16H21N3. The summed E-state index contributed by atoms with van der Waals surface area (Å²) in [4.78, 5) is 0. The van der Waals surface area contributed by atoms with E-state index in [2.05, 4.69) is 40.2 Å². The molecule has 3 nitrogen and oxygen atoms in total. The van der Waals surface area contributed by atoms with Crippen LogP contribution in [-0.4, -0.2) is 9.78 Å². The smallest absolute Gasteiger partial charge is 0.0638 e. The van der Waals surface area contributed by atoms with Crippen molar-refractivity contribution in [3.63, 3.8) is 0 Å². The molecule has 0 amide bonds. The molecule has 100 valence electrons. The van der Waals surface area contributed by atoms with Gasteiger partial charge < -0.3 is 5.73 Å². The van der Waals surface area contributed by atoms with Gasteiger partial charge in [-0.15, -0.1) is 0 Å². The summed E-state index contributed by atoms with van der Waals surface area (Å²) in [5, 5.41) is 4.59. The summed E-state index contributed by atoms with van der Waals surface area (Å²) in [5.74, 6) is 0.592. The average molecular weight is 255 g/mol. The molecule has 19 heavy (non-hydrogen) atoms. The molecule has 1 aromatic heterocycles. The molecule has 3 rings (SSSR count). The highest BCUT2D eigenvalue weighted by Crippen LogP contribution is 2.32. The second-order valence-electron chi connectivity index (χ2n) is 5.45. The topological polar surface area (TPSA) is 43.8 Å². The van der Waals surface area contributed by atoms with Gasteiger partial charge >= 0.3 is 0 Å². The number of hydrogen-bond acceptors (Lipinski definition) is 2. The van der Waals surface area contributed by atoms with Gasteiger partial charge in [0.25, 0.3) is 0 Å². The fraction of sp³-hybridized carbons (Fsp3) is 0.438. The van der Waals surface area contributed by atoms with Crippen LogP contribution in [-0.2, 0) is 19.5 Å². The summed E-state index contributed by atoms with van der Waals surface area (Å²) in [6.07, 6.45) is 5.87. The van der Waals surface area contributed by atoms with Gasteiger partial charge in [0.15, 0.2) is 0 Å². The molecule has 1 aliphatic rings. The first-order valence-corrected chi connectivity index (χ1v) is 7.08. The lowest BCUT2D eigenvalue weighted by atomic mass is 9.83. The van der Waals surface area contributed by atoms with Gasteiger partial charge in [0.05, 0.1) is 5.69 Å². The Morgan fingerprint density at radius 2 is 2.21 bits per heavy atom. The molecule has 1 atom stereocenters. The minimum absolute atomic E-state index is 0.576. The first-order valence-electron chi connectivity index (χ1n) is 7.08. The van der Waals surface area contributed by atoms with Crippen LogP contribution in [0.5, 0.6) is 0 Å². The predicted octanol–water partition coefficient (Wildman–Crippen LogP) is 2.77. The van der Waals surface area contributed by atoms with Crippen molar-refractivity contribution in [1.29, 1.82) is 0 Å². The van der Waals surface area contributed by atoms with E-state index in [-0.39, 0.29) is 0 Å². The number of hydrogen-bond donors (Lipinski definition) is 1. The highest BCUT2D eigenvalue weighted by molar-refractivity contribution is 5.32. The van der Waals surface area contributed by atoms with Gasteiger partial charge in [-0.05, 0) is 37.3 Å². The van der Waals surface area contributed by atoms with Crippen LogP contribution in [0.3, 0.4) is 0 Å². The van der Waals surface area contributed by atoms with Crippen molar-refractivity contribution < 1.29 is 0 Å². The van der Waals surface area contributed by atoms with Crippen molar-refractivity contribution in [2.45, 2.75) is 45.2 Å². The molecule has 1 aromatic carbocycles. The SMILES string of the molecule is Cc1nn(CC2CCCc3ccccc32)cc1CN. The van der Waals surface area contributed by atoms with Crippen molar-refractivity contribution in [1.82, 2.24) is 9.78 Å². The maximum atomic E-state index is 5.72. The van der Waals surface area contributed by atoms with Crippen LogP contribution in [0.25, 0.3) is 0 Å². The van der Waals surface area contributed by atoms with Crippen molar-refractivity contribution in [2.24, 2.45) is 5.73 Å². The van der Waals surface area contributed by atoms with Gasteiger partial charge in [0.1, 0.15) is 0 Å². The van der Waals surface area contributed by atoms with Crippen LogP contribution in [0, 0.1) is 6.92 Å². The molecular weight excluding hydrogens is 234 g/mol. The molecule has 0 spiro atoms. The van der Waals surface area contributed by atoms with Gasteiger partial charge in [-0.2, -0.15) is 5.10 Å². The van der Waals surface area contributed by atoms with Gasteiger partial charge in [-0.3, -0.25) is 4.68 Å². The zero-order valence-electron chi connectivity index (χ0n) is 11.5. The van der Waals surface area contributed by atoms with Crippen LogP contribution in [0.15, 0.2) is 30.5 Å². The van der Waals surface area contributed by atoms with E-state index < -0.39 is 0 Å². The number of aryl methyl sites for hydroxylation is 2. The van der Waals surface area contributed by atoms with E-state index in [0.717, 1.165) is 17.8 Å². The maximum absolute atomic E-state index is 5.72. The molecule has 3 heteroatoms. The zero-order valence-corrected chi connectivity index (χ0v) is 11.5. The Labute approximate surface area is 114 Å². The van der Waals surface area contributed by atoms with Crippen LogP contribution in [0.4, 0.5) is 0 Å². The monoisotopic (exact) mass is 255 g/mol. The molecule has 0 bridgehead atoms. The summed E-state index contributed by atoms with van der Waals surface area (Å²) in [6.45, 7) is 3.58.